The van der Waals surface area contributed by atoms with Gasteiger partial charge < -0.3 is 20.1 Å². The number of fused-ring (bicyclic) bond motifs is 3. The average Bonchev–Trinajstić information content (AvgIpc) is 3.58. The van der Waals surface area contributed by atoms with E-state index in [1.54, 1.807) is 4.90 Å². The Morgan fingerprint density at radius 1 is 0.971 bits per heavy atom. The van der Waals surface area contributed by atoms with E-state index in [-0.39, 0.29) is 36.4 Å². The molecule has 1 heterocycles. The zero-order valence-corrected chi connectivity index (χ0v) is 20.0. The minimum atomic E-state index is -0.841. The molecule has 2 N–H and O–H groups in total. The summed E-state index contributed by atoms with van der Waals surface area (Å²) in [6.45, 7) is 2.62. The molecule has 4 atom stereocenters. The van der Waals surface area contributed by atoms with Crippen LogP contribution in [0.3, 0.4) is 0 Å². The molecule has 2 fully saturated rings. The Morgan fingerprint density at radius 2 is 1.63 bits per heavy atom. The smallest absolute Gasteiger partial charge is 0.407 e. The molecule has 184 valence electrons. The van der Waals surface area contributed by atoms with Gasteiger partial charge in [0, 0.05) is 24.5 Å². The summed E-state index contributed by atoms with van der Waals surface area (Å²) in [5.41, 5.74) is 4.66. The van der Waals surface area contributed by atoms with E-state index < -0.39 is 18.0 Å². The van der Waals surface area contributed by atoms with Crippen molar-refractivity contribution in [2.24, 2.45) is 11.8 Å². The molecule has 7 nitrogen and oxygen atoms in total. The Balaban J connectivity index is 1.22. The largest absolute Gasteiger partial charge is 0.481 e. The summed E-state index contributed by atoms with van der Waals surface area (Å²) in [5, 5.41) is 12.5. The fraction of sp³-hybridized carbons (Fsp3) is 0.464. The van der Waals surface area contributed by atoms with Crippen molar-refractivity contribution in [3.63, 3.8) is 0 Å². The van der Waals surface area contributed by atoms with Gasteiger partial charge in [0.1, 0.15) is 6.61 Å². The van der Waals surface area contributed by atoms with Crippen LogP contribution in [0.15, 0.2) is 48.5 Å². The average molecular weight is 477 g/mol. The summed E-state index contributed by atoms with van der Waals surface area (Å²) in [7, 11) is 0. The maximum absolute atomic E-state index is 13.4. The van der Waals surface area contributed by atoms with Crippen molar-refractivity contribution in [1.82, 2.24) is 10.2 Å². The fourth-order valence-electron chi connectivity index (χ4n) is 6.35. The molecule has 7 heteroatoms. The Hall–Kier alpha value is -3.35. The standard InChI is InChI=1S/C28H32N2O5/c1-2-25-22(27(32)33)14-15-30(25)26(31)21-12-7-13-24(21)29-28(34)35-16-23-19-10-5-3-8-17(19)18-9-4-6-11-20(18)23/h3-6,8-11,21-25H,2,7,12-16H2,1H3,(H,29,34)(H,32,33)/t21-,22?,24+,25?/m1/s1. The van der Waals surface area contributed by atoms with Gasteiger partial charge in [-0.1, -0.05) is 61.9 Å². The van der Waals surface area contributed by atoms with E-state index in [1.807, 2.05) is 31.2 Å². The van der Waals surface area contributed by atoms with Gasteiger partial charge in [-0.25, -0.2) is 4.79 Å². The maximum atomic E-state index is 13.4. The molecule has 5 rings (SSSR count). The van der Waals surface area contributed by atoms with Crippen molar-refractivity contribution < 1.29 is 24.2 Å². The van der Waals surface area contributed by atoms with Gasteiger partial charge in [-0.2, -0.15) is 0 Å². The summed E-state index contributed by atoms with van der Waals surface area (Å²) < 4.78 is 5.69. The minimum Gasteiger partial charge on any atom is -0.481 e. The van der Waals surface area contributed by atoms with Crippen molar-refractivity contribution in [1.29, 1.82) is 0 Å². The van der Waals surface area contributed by atoms with Gasteiger partial charge in [0.25, 0.3) is 0 Å². The van der Waals surface area contributed by atoms with E-state index in [0.717, 1.165) is 17.5 Å². The van der Waals surface area contributed by atoms with Gasteiger partial charge in [0.05, 0.1) is 11.8 Å². The highest BCUT2D eigenvalue weighted by Crippen LogP contribution is 2.44. The Morgan fingerprint density at radius 3 is 2.26 bits per heavy atom. The lowest BCUT2D eigenvalue weighted by Gasteiger charge is -2.30. The highest BCUT2D eigenvalue weighted by molar-refractivity contribution is 5.83. The molecule has 3 aliphatic rings. The molecule has 0 bridgehead atoms. The second kappa shape index (κ2) is 9.72. The lowest BCUT2D eigenvalue weighted by atomic mass is 9.96. The quantitative estimate of drug-likeness (QED) is 0.644. The molecule has 0 aromatic heterocycles. The van der Waals surface area contributed by atoms with Crippen LogP contribution in [0.1, 0.15) is 56.1 Å². The van der Waals surface area contributed by atoms with Crippen LogP contribution in [0.2, 0.25) is 0 Å². The number of hydrogen-bond donors (Lipinski definition) is 2. The fourth-order valence-corrected chi connectivity index (χ4v) is 6.35. The Kier molecular flexibility index (Phi) is 6.50. The number of benzene rings is 2. The summed E-state index contributed by atoms with van der Waals surface area (Å²) in [6.07, 6.45) is 2.84. The number of hydrogen-bond acceptors (Lipinski definition) is 4. The monoisotopic (exact) mass is 476 g/mol. The molecule has 2 aromatic rings. The van der Waals surface area contributed by atoms with Crippen molar-refractivity contribution in [3.05, 3.63) is 59.7 Å². The Labute approximate surface area is 205 Å². The van der Waals surface area contributed by atoms with Gasteiger partial charge in [0.2, 0.25) is 5.91 Å². The van der Waals surface area contributed by atoms with Crippen LogP contribution in [0.5, 0.6) is 0 Å². The third kappa shape index (κ3) is 4.28. The van der Waals surface area contributed by atoms with Crippen LogP contribution >= 0.6 is 0 Å². The predicted octanol–water partition coefficient (Wildman–Crippen LogP) is 4.41. The van der Waals surface area contributed by atoms with Crippen LogP contribution in [0.4, 0.5) is 4.79 Å². The number of carbonyl (C=O) groups is 3. The van der Waals surface area contributed by atoms with E-state index in [0.29, 0.717) is 32.2 Å². The first-order valence-electron chi connectivity index (χ1n) is 12.6. The van der Waals surface area contributed by atoms with E-state index >= 15 is 0 Å². The SMILES string of the molecule is CCC1C(C(=O)O)CCN1C(=O)[C@@H]1CCC[C@@H]1NC(=O)OCC1c2ccccc2-c2ccccc21. The summed E-state index contributed by atoms with van der Waals surface area (Å²) >= 11 is 0. The number of ether oxygens (including phenoxy) is 1. The van der Waals surface area contributed by atoms with E-state index in [2.05, 4.69) is 29.6 Å². The molecular weight excluding hydrogens is 444 g/mol. The third-order valence-corrected chi connectivity index (χ3v) is 8.04. The highest BCUT2D eigenvalue weighted by Gasteiger charge is 2.44. The lowest BCUT2D eigenvalue weighted by Crippen LogP contribution is -2.48. The maximum Gasteiger partial charge on any atom is 0.407 e. The number of likely N-dealkylation sites (tertiary alicyclic amines) is 1. The third-order valence-electron chi connectivity index (χ3n) is 8.04. The molecule has 2 amide bonds. The minimum absolute atomic E-state index is 0.0166. The van der Waals surface area contributed by atoms with Crippen LogP contribution in [0, 0.1) is 11.8 Å². The van der Waals surface area contributed by atoms with Gasteiger partial charge >= 0.3 is 12.1 Å². The second-order valence-electron chi connectivity index (χ2n) is 9.85. The molecular formula is C28H32N2O5. The van der Waals surface area contributed by atoms with Crippen LogP contribution in [0.25, 0.3) is 11.1 Å². The van der Waals surface area contributed by atoms with Crippen LogP contribution in [-0.2, 0) is 14.3 Å². The molecule has 1 saturated carbocycles. The van der Waals surface area contributed by atoms with Crippen molar-refractivity contribution in [3.8, 4) is 11.1 Å². The number of carboxylic acids is 1. The molecule has 1 aliphatic heterocycles. The number of alkyl carbamates (subject to hydrolysis) is 1. The molecule has 2 aromatic carbocycles. The number of carbonyl (C=O) groups excluding carboxylic acids is 2. The lowest BCUT2D eigenvalue weighted by molar-refractivity contribution is -0.144. The van der Waals surface area contributed by atoms with Gasteiger partial charge in [-0.15, -0.1) is 0 Å². The van der Waals surface area contributed by atoms with Crippen molar-refractivity contribution in [2.45, 2.75) is 57.0 Å². The molecule has 2 aliphatic carbocycles. The van der Waals surface area contributed by atoms with Crippen molar-refractivity contribution in [2.75, 3.05) is 13.2 Å². The second-order valence-corrected chi connectivity index (χ2v) is 9.85. The molecule has 0 radical (unpaired) electrons. The number of nitrogens with zero attached hydrogens (tertiary/aromatic N) is 1. The summed E-state index contributed by atoms with van der Waals surface area (Å²) in [5.74, 6) is -1.75. The van der Waals surface area contributed by atoms with Crippen LogP contribution in [-0.4, -0.2) is 53.2 Å². The summed E-state index contributed by atoms with van der Waals surface area (Å²) in [4.78, 5) is 39.5. The first-order valence-corrected chi connectivity index (χ1v) is 12.6. The first-order chi connectivity index (χ1) is 17.0. The van der Waals surface area contributed by atoms with Crippen molar-refractivity contribution >= 4 is 18.0 Å². The predicted molar refractivity (Wildman–Crippen MR) is 131 cm³/mol. The van der Waals surface area contributed by atoms with E-state index in [9.17, 15) is 19.5 Å². The normalized spacial score (nSPS) is 25.2. The van der Waals surface area contributed by atoms with Gasteiger partial charge in [0.15, 0.2) is 0 Å². The summed E-state index contributed by atoms with van der Waals surface area (Å²) in [6, 6.07) is 15.8. The number of rotatable bonds is 6. The van der Waals surface area contributed by atoms with Crippen LogP contribution < -0.4 is 5.32 Å². The first kappa shape index (κ1) is 23.4. The zero-order valence-electron chi connectivity index (χ0n) is 20.0. The van der Waals surface area contributed by atoms with E-state index in [1.165, 1.54) is 11.1 Å². The molecule has 0 spiro atoms. The topological polar surface area (TPSA) is 95.9 Å². The Bertz CT molecular complexity index is 1090. The molecule has 2 unspecified atom stereocenters. The zero-order chi connectivity index (χ0) is 24.5. The number of amides is 2. The molecule has 1 saturated heterocycles. The number of carboxylic acid groups (broad SMARTS) is 1. The van der Waals surface area contributed by atoms with Gasteiger partial charge in [-0.05, 0) is 47.9 Å². The number of nitrogens with one attached hydrogen (secondary N) is 1. The number of aliphatic carboxylic acids is 1. The highest BCUT2D eigenvalue weighted by atomic mass is 16.5. The van der Waals surface area contributed by atoms with Gasteiger partial charge in [-0.3, -0.25) is 9.59 Å². The molecule has 35 heavy (non-hydrogen) atoms. The van der Waals surface area contributed by atoms with E-state index in [4.69, 9.17) is 4.74 Å².